The number of aromatic nitrogens is 3. The number of urea groups is 1. The van der Waals surface area contributed by atoms with Gasteiger partial charge in [-0.05, 0) is 29.7 Å². The Morgan fingerprint density at radius 2 is 1.82 bits per heavy atom. The zero-order valence-corrected chi connectivity index (χ0v) is 22.5. The topological polar surface area (TPSA) is 104 Å². The quantitative estimate of drug-likeness (QED) is 0.308. The number of rotatable bonds is 5. The van der Waals surface area contributed by atoms with Gasteiger partial charge < -0.3 is 19.9 Å². The molecule has 0 atom stereocenters. The number of nitrogens with zero attached hydrogens (tertiary/aromatic N) is 3. The van der Waals surface area contributed by atoms with E-state index in [1.54, 1.807) is 17.8 Å². The fraction of sp³-hybridized carbons (Fsp3) is 0.345. The van der Waals surface area contributed by atoms with E-state index in [1.165, 1.54) is 12.1 Å². The van der Waals surface area contributed by atoms with Gasteiger partial charge in [0.15, 0.2) is 0 Å². The maximum absolute atomic E-state index is 14.4. The maximum Gasteiger partial charge on any atom is 0.324 e. The number of nitrogens with one attached hydrogen (secondary N) is 3. The van der Waals surface area contributed by atoms with Gasteiger partial charge in [0.2, 0.25) is 0 Å². The minimum Gasteiger partial charge on any atom is -0.490 e. The molecule has 1 saturated heterocycles. The van der Waals surface area contributed by atoms with Crippen LogP contribution < -0.4 is 15.4 Å². The summed E-state index contributed by atoms with van der Waals surface area (Å²) in [5.41, 5.74) is 2.52. The summed E-state index contributed by atoms with van der Waals surface area (Å²) in [6, 6.07) is 13.0. The maximum atomic E-state index is 14.4. The van der Waals surface area contributed by atoms with Crippen molar-refractivity contribution >= 4 is 34.3 Å². The van der Waals surface area contributed by atoms with Crippen molar-refractivity contribution in [1.29, 1.82) is 0 Å². The van der Waals surface area contributed by atoms with Crippen LogP contribution in [0.3, 0.4) is 0 Å². The third-order valence-corrected chi connectivity index (χ3v) is 6.85. The molecule has 3 N–H and O–H groups in total. The highest BCUT2D eigenvalue weighted by atomic mass is 19.1. The lowest BCUT2D eigenvalue weighted by molar-refractivity contribution is 0.0595. The number of aromatic amines is 1. The van der Waals surface area contributed by atoms with Crippen molar-refractivity contribution in [2.45, 2.75) is 45.1 Å². The number of carbonyl (C=O) groups excluding carboxylic acids is 2. The lowest BCUT2D eigenvalue weighted by atomic mass is 9.92. The average molecular weight is 533 g/mol. The van der Waals surface area contributed by atoms with Crippen LogP contribution >= 0.6 is 0 Å². The molecule has 9 nitrogen and oxygen atoms in total. The van der Waals surface area contributed by atoms with Gasteiger partial charge in [0.05, 0.1) is 5.69 Å². The van der Waals surface area contributed by atoms with Crippen LogP contribution in [0.25, 0.3) is 10.9 Å². The third kappa shape index (κ3) is 6.05. The van der Waals surface area contributed by atoms with E-state index in [4.69, 9.17) is 4.74 Å². The normalized spacial score (nSPS) is 14.4. The second-order valence-corrected chi connectivity index (χ2v) is 10.9. The zero-order chi connectivity index (χ0) is 27.7. The molecule has 2 aromatic carbocycles. The van der Waals surface area contributed by atoms with Crippen LogP contribution in [0.5, 0.6) is 5.75 Å². The number of halogens is 1. The molecule has 4 aromatic rings. The number of fused-ring (bicyclic) bond motifs is 1. The summed E-state index contributed by atoms with van der Waals surface area (Å²) in [4.78, 5) is 30.6. The van der Waals surface area contributed by atoms with Gasteiger partial charge in [-0.2, -0.15) is 5.10 Å². The summed E-state index contributed by atoms with van der Waals surface area (Å²) in [7, 11) is 1.75. The van der Waals surface area contributed by atoms with E-state index >= 15 is 0 Å². The number of ether oxygens (including phenoxy) is 1. The molecule has 0 radical (unpaired) electrons. The summed E-state index contributed by atoms with van der Waals surface area (Å²) in [5.74, 6) is 0.309. The molecule has 0 bridgehead atoms. The highest BCUT2D eigenvalue weighted by Crippen LogP contribution is 2.26. The van der Waals surface area contributed by atoms with E-state index < -0.39 is 11.8 Å². The highest BCUT2D eigenvalue weighted by Gasteiger charge is 2.25. The minimum atomic E-state index is -0.523. The van der Waals surface area contributed by atoms with Crippen LogP contribution in [0.4, 0.5) is 20.7 Å². The number of piperidine rings is 1. The monoisotopic (exact) mass is 532 g/mol. The Labute approximate surface area is 226 Å². The molecule has 3 amide bonds. The Morgan fingerprint density at radius 1 is 1.05 bits per heavy atom. The summed E-state index contributed by atoms with van der Waals surface area (Å²) in [6.07, 6.45) is 2.92. The number of H-pyrrole nitrogens is 1. The lowest BCUT2D eigenvalue weighted by Crippen LogP contribution is -2.41. The smallest absolute Gasteiger partial charge is 0.324 e. The molecule has 39 heavy (non-hydrogen) atoms. The largest absolute Gasteiger partial charge is 0.490 e. The molecule has 0 spiro atoms. The Balaban J connectivity index is 1.17. The van der Waals surface area contributed by atoms with E-state index in [0.29, 0.717) is 43.1 Å². The minimum absolute atomic E-state index is 0.0174. The van der Waals surface area contributed by atoms with E-state index in [9.17, 15) is 14.0 Å². The van der Waals surface area contributed by atoms with Gasteiger partial charge in [-0.25, -0.2) is 9.18 Å². The molecule has 0 aliphatic carbocycles. The zero-order valence-electron chi connectivity index (χ0n) is 22.5. The van der Waals surface area contributed by atoms with Gasteiger partial charge >= 0.3 is 6.03 Å². The first-order valence-electron chi connectivity index (χ1n) is 13.0. The summed E-state index contributed by atoms with van der Waals surface area (Å²) in [5, 5.41) is 10.9. The van der Waals surface area contributed by atoms with Crippen LogP contribution in [0.15, 0.2) is 54.7 Å². The van der Waals surface area contributed by atoms with E-state index in [2.05, 4.69) is 20.7 Å². The summed E-state index contributed by atoms with van der Waals surface area (Å²) >= 11 is 0. The number of aryl methyl sites for hydroxylation is 1. The average Bonchev–Trinajstić information content (AvgIpc) is 3.49. The Kier molecular flexibility index (Phi) is 7.03. The number of benzene rings is 2. The molecule has 3 heterocycles. The Bertz CT molecular complexity index is 1510. The van der Waals surface area contributed by atoms with Gasteiger partial charge in [0, 0.05) is 79.6 Å². The molecule has 1 aliphatic rings. The summed E-state index contributed by atoms with van der Waals surface area (Å²) in [6.45, 7) is 7.20. The molecule has 0 unspecified atom stereocenters. The third-order valence-electron chi connectivity index (χ3n) is 6.85. The first-order valence-corrected chi connectivity index (χ1v) is 13.0. The van der Waals surface area contributed by atoms with Gasteiger partial charge in [-0.1, -0.05) is 26.8 Å². The fourth-order valence-corrected chi connectivity index (χ4v) is 4.66. The molecule has 1 fully saturated rings. The van der Waals surface area contributed by atoms with Crippen LogP contribution in [-0.2, 0) is 12.5 Å². The lowest BCUT2D eigenvalue weighted by Gasteiger charge is -2.32. The molecule has 2 aromatic heterocycles. The fourth-order valence-electron chi connectivity index (χ4n) is 4.66. The first-order chi connectivity index (χ1) is 18.5. The van der Waals surface area contributed by atoms with Crippen molar-refractivity contribution in [3.05, 3.63) is 71.8 Å². The van der Waals surface area contributed by atoms with Crippen LogP contribution in [-0.4, -0.2) is 50.8 Å². The van der Waals surface area contributed by atoms with E-state index in [0.717, 1.165) is 16.6 Å². The van der Waals surface area contributed by atoms with Gasteiger partial charge in [0.1, 0.15) is 23.5 Å². The van der Waals surface area contributed by atoms with Gasteiger partial charge in [-0.3, -0.25) is 14.8 Å². The predicted octanol–water partition coefficient (Wildman–Crippen LogP) is 5.67. The Hall–Kier alpha value is -4.34. The Morgan fingerprint density at radius 3 is 2.54 bits per heavy atom. The molecule has 1 aliphatic heterocycles. The number of anilines is 2. The van der Waals surface area contributed by atoms with Gasteiger partial charge in [-0.15, -0.1) is 0 Å². The molecule has 5 rings (SSSR count). The molecule has 204 valence electrons. The molecule has 0 saturated carbocycles. The number of amides is 3. The number of hydrogen-bond acceptors (Lipinski definition) is 4. The first kappa shape index (κ1) is 26.3. The number of hydrogen-bond donors (Lipinski definition) is 3. The van der Waals surface area contributed by atoms with Crippen LogP contribution in [0.1, 0.15) is 49.7 Å². The van der Waals surface area contributed by atoms with Crippen molar-refractivity contribution in [2.75, 3.05) is 23.7 Å². The van der Waals surface area contributed by atoms with E-state index in [1.807, 2.05) is 62.2 Å². The number of carbonyl (C=O) groups is 2. The van der Waals surface area contributed by atoms with Crippen molar-refractivity contribution in [1.82, 2.24) is 19.7 Å². The number of likely N-dealkylation sites (tertiary alicyclic amines) is 1. The van der Waals surface area contributed by atoms with Crippen LogP contribution in [0.2, 0.25) is 0 Å². The van der Waals surface area contributed by atoms with Crippen molar-refractivity contribution < 1.29 is 18.7 Å². The van der Waals surface area contributed by atoms with E-state index in [-0.39, 0.29) is 23.1 Å². The second kappa shape index (κ2) is 10.4. The molecule has 10 heteroatoms. The summed E-state index contributed by atoms with van der Waals surface area (Å²) < 4.78 is 22.0. The van der Waals surface area contributed by atoms with Gasteiger partial charge in [0.25, 0.3) is 5.91 Å². The van der Waals surface area contributed by atoms with Crippen LogP contribution in [0, 0.1) is 5.82 Å². The van der Waals surface area contributed by atoms with Crippen molar-refractivity contribution in [3.63, 3.8) is 0 Å². The molecular weight excluding hydrogens is 499 g/mol. The van der Waals surface area contributed by atoms with Crippen molar-refractivity contribution in [3.8, 4) is 5.75 Å². The standard InChI is InChI=1S/C29H33FN6O3/c1-29(2,3)25-17-26(35(4)34-25)33-28(38)32-21-14-20(30)15-23(16-21)39-22-8-11-36(12-9-22)27(37)19-6-5-18-7-10-31-24(18)13-19/h5-7,10,13-17,22,31H,8-9,11-12H2,1-4H3,(H2,32,33,38). The predicted molar refractivity (Wildman–Crippen MR) is 149 cm³/mol. The highest BCUT2D eigenvalue weighted by molar-refractivity contribution is 5.99. The second-order valence-electron chi connectivity index (χ2n) is 10.9. The molecular formula is C29H33FN6O3. The van der Waals surface area contributed by atoms with Crippen molar-refractivity contribution in [2.24, 2.45) is 7.05 Å². The SMILES string of the molecule is Cn1nc(C(C)(C)C)cc1NC(=O)Nc1cc(F)cc(OC2CCN(C(=O)c3ccc4cc[nH]c4c3)CC2)c1.